The Kier molecular flexibility index (Phi) is 4.80. The van der Waals surface area contributed by atoms with E-state index in [4.69, 9.17) is 4.74 Å². The molecular formula is C15H21NO3. The van der Waals surface area contributed by atoms with Gasteiger partial charge in [0.15, 0.2) is 0 Å². The fourth-order valence-corrected chi connectivity index (χ4v) is 2.37. The molecular weight excluding hydrogens is 242 g/mol. The maximum absolute atomic E-state index is 12.2. The van der Waals surface area contributed by atoms with E-state index in [1.165, 1.54) is 0 Å². The van der Waals surface area contributed by atoms with E-state index in [2.05, 4.69) is 0 Å². The van der Waals surface area contributed by atoms with Crippen molar-refractivity contribution in [3.05, 3.63) is 29.8 Å². The summed E-state index contributed by atoms with van der Waals surface area (Å²) < 4.78 is 5.33. The van der Waals surface area contributed by atoms with E-state index in [9.17, 15) is 9.90 Å². The summed E-state index contributed by atoms with van der Waals surface area (Å²) in [7, 11) is 1.79. The minimum Gasteiger partial charge on any atom is -0.507 e. The number of benzene rings is 1. The van der Waals surface area contributed by atoms with E-state index in [0.29, 0.717) is 11.5 Å². The second kappa shape index (κ2) is 6.57. The number of carbonyl (C=O) groups excluding carboxylic acids is 1. The summed E-state index contributed by atoms with van der Waals surface area (Å²) >= 11 is 0. The van der Waals surface area contributed by atoms with Crippen LogP contribution in [0.25, 0.3) is 0 Å². The number of aromatic hydroxyl groups is 1. The van der Waals surface area contributed by atoms with Crippen LogP contribution >= 0.6 is 0 Å². The Morgan fingerprint density at radius 2 is 2.05 bits per heavy atom. The van der Waals surface area contributed by atoms with Gasteiger partial charge in [-0.2, -0.15) is 0 Å². The van der Waals surface area contributed by atoms with Gasteiger partial charge in [-0.25, -0.2) is 0 Å². The lowest BCUT2D eigenvalue weighted by Crippen LogP contribution is -2.30. The molecule has 1 amide bonds. The molecule has 0 atom stereocenters. The average Bonchev–Trinajstić information content (AvgIpc) is 2.45. The van der Waals surface area contributed by atoms with Gasteiger partial charge in [-0.15, -0.1) is 0 Å². The Balaban J connectivity index is 1.87. The van der Waals surface area contributed by atoms with Crippen molar-refractivity contribution in [1.82, 2.24) is 4.90 Å². The third kappa shape index (κ3) is 3.70. The van der Waals surface area contributed by atoms with Crippen molar-refractivity contribution in [2.45, 2.75) is 19.3 Å². The van der Waals surface area contributed by atoms with Crippen LogP contribution in [0.15, 0.2) is 24.3 Å². The first-order chi connectivity index (χ1) is 9.18. The monoisotopic (exact) mass is 263 g/mol. The van der Waals surface area contributed by atoms with Crippen LogP contribution < -0.4 is 0 Å². The summed E-state index contributed by atoms with van der Waals surface area (Å²) in [5.74, 6) is 0.573. The Hall–Kier alpha value is -1.55. The first kappa shape index (κ1) is 13.9. The van der Waals surface area contributed by atoms with Crippen LogP contribution in [0, 0.1) is 5.92 Å². The summed E-state index contributed by atoms with van der Waals surface area (Å²) in [6.45, 7) is 2.39. The van der Waals surface area contributed by atoms with Crippen molar-refractivity contribution < 1.29 is 14.6 Å². The standard InChI is InChI=1S/C15H21NO3/c1-16(9-6-12-7-10-19-11-8-12)15(18)13-4-2-3-5-14(13)17/h2-5,12,17H,6-11H2,1H3. The van der Waals surface area contributed by atoms with Gasteiger partial charge in [-0.05, 0) is 37.3 Å². The lowest BCUT2D eigenvalue weighted by atomic mass is 9.96. The van der Waals surface area contributed by atoms with Crippen molar-refractivity contribution in [2.75, 3.05) is 26.8 Å². The van der Waals surface area contributed by atoms with Crippen LogP contribution in [0.1, 0.15) is 29.6 Å². The second-order valence-corrected chi connectivity index (χ2v) is 5.09. The van der Waals surface area contributed by atoms with Gasteiger partial charge in [-0.1, -0.05) is 12.1 Å². The predicted octanol–water partition coefficient (Wildman–Crippen LogP) is 2.28. The minimum atomic E-state index is -0.120. The fraction of sp³-hybridized carbons (Fsp3) is 0.533. The van der Waals surface area contributed by atoms with Gasteiger partial charge >= 0.3 is 0 Å². The quantitative estimate of drug-likeness (QED) is 0.906. The Morgan fingerprint density at radius 3 is 2.74 bits per heavy atom. The van der Waals surface area contributed by atoms with Gasteiger partial charge in [-0.3, -0.25) is 4.79 Å². The number of nitrogens with zero attached hydrogens (tertiary/aromatic N) is 1. The van der Waals surface area contributed by atoms with Crippen LogP contribution in [0.2, 0.25) is 0 Å². The zero-order valence-corrected chi connectivity index (χ0v) is 11.3. The van der Waals surface area contributed by atoms with Crippen LogP contribution in [0.3, 0.4) is 0 Å². The van der Waals surface area contributed by atoms with Crippen LogP contribution in [-0.4, -0.2) is 42.7 Å². The van der Waals surface area contributed by atoms with E-state index in [1.807, 2.05) is 0 Å². The van der Waals surface area contributed by atoms with Gasteiger partial charge in [0.2, 0.25) is 0 Å². The highest BCUT2D eigenvalue weighted by Crippen LogP contribution is 2.20. The lowest BCUT2D eigenvalue weighted by molar-refractivity contribution is 0.0583. The second-order valence-electron chi connectivity index (χ2n) is 5.09. The zero-order valence-electron chi connectivity index (χ0n) is 11.3. The first-order valence-electron chi connectivity index (χ1n) is 6.79. The number of rotatable bonds is 4. The molecule has 1 aromatic carbocycles. The SMILES string of the molecule is CN(CCC1CCOCC1)C(=O)c1ccccc1O. The molecule has 1 aliphatic rings. The van der Waals surface area contributed by atoms with Crippen molar-refractivity contribution in [2.24, 2.45) is 5.92 Å². The minimum absolute atomic E-state index is 0.0467. The molecule has 1 heterocycles. The van der Waals surface area contributed by atoms with Gasteiger partial charge in [0.1, 0.15) is 5.75 Å². The number of phenols is 1. The molecule has 0 saturated carbocycles. The molecule has 4 heteroatoms. The van der Waals surface area contributed by atoms with Gasteiger partial charge in [0.05, 0.1) is 5.56 Å². The molecule has 0 unspecified atom stereocenters. The summed E-state index contributed by atoms with van der Waals surface area (Å²) in [6.07, 6.45) is 3.16. The largest absolute Gasteiger partial charge is 0.507 e. The van der Waals surface area contributed by atoms with Crippen molar-refractivity contribution in [1.29, 1.82) is 0 Å². The molecule has 1 aliphatic heterocycles. The number of carbonyl (C=O) groups is 1. The zero-order chi connectivity index (χ0) is 13.7. The predicted molar refractivity (Wildman–Crippen MR) is 73.2 cm³/mol. The van der Waals surface area contributed by atoms with E-state index >= 15 is 0 Å². The number of hydrogen-bond acceptors (Lipinski definition) is 3. The highest BCUT2D eigenvalue weighted by atomic mass is 16.5. The summed E-state index contributed by atoms with van der Waals surface area (Å²) in [6, 6.07) is 6.68. The molecule has 1 N–H and O–H groups in total. The van der Waals surface area contributed by atoms with Crippen LogP contribution in [0.4, 0.5) is 0 Å². The highest BCUT2D eigenvalue weighted by molar-refractivity contribution is 5.96. The average molecular weight is 263 g/mol. The molecule has 1 fully saturated rings. The maximum atomic E-state index is 12.2. The van der Waals surface area contributed by atoms with Crippen molar-refractivity contribution in [3.63, 3.8) is 0 Å². The molecule has 104 valence electrons. The normalized spacial score (nSPS) is 16.3. The van der Waals surface area contributed by atoms with Crippen molar-refractivity contribution in [3.8, 4) is 5.75 Å². The van der Waals surface area contributed by atoms with Gasteiger partial charge in [0, 0.05) is 26.8 Å². The molecule has 0 spiro atoms. The van der Waals surface area contributed by atoms with Crippen LogP contribution in [-0.2, 0) is 4.74 Å². The number of ether oxygens (including phenoxy) is 1. The summed E-state index contributed by atoms with van der Waals surface area (Å²) in [5, 5.41) is 9.68. The lowest BCUT2D eigenvalue weighted by Gasteiger charge is -2.25. The number of phenolic OH excluding ortho intramolecular Hbond substituents is 1. The van der Waals surface area contributed by atoms with Crippen molar-refractivity contribution >= 4 is 5.91 Å². The molecule has 1 saturated heterocycles. The molecule has 0 aromatic heterocycles. The van der Waals surface area contributed by atoms with E-state index in [0.717, 1.165) is 39.0 Å². The third-order valence-electron chi connectivity index (χ3n) is 3.69. The molecule has 0 aliphatic carbocycles. The Morgan fingerprint density at radius 1 is 1.37 bits per heavy atom. The fourth-order valence-electron chi connectivity index (χ4n) is 2.37. The molecule has 2 rings (SSSR count). The summed E-state index contributed by atoms with van der Waals surface area (Å²) in [5.41, 5.74) is 0.372. The van der Waals surface area contributed by atoms with E-state index in [1.54, 1.807) is 36.2 Å². The smallest absolute Gasteiger partial charge is 0.257 e. The van der Waals surface area contributed by atoms with Gasteiger partial charge < -0.3 is 14.7 Å². The third-order valence-corrected chi connectivity index (χ3v) is 3.69. The van der Waals surface area contributed by atoms with E-state index < -0.39 is 0 Å². The molecule has 0 bridgehead atoms. The Labute approximate surface area is 114 Å². The first-order valence-corrected chi connectivity index (χ1v) is 6.79. The topological polar surface area (TPSA) is 49.8 Å². The Bertz CT molecular complexity index is 427. The van der Waals surface area contributed by atoms with Crippen LogP contribution in [0.5, 0.6) is 5.75 Å². The number of amides is 1. The molecule has 1 aromatic rings. The maximum Gasteiger partial charge on any atom is 0.257 e. The molecule has 0 radical (unpaired) electrons. The van der Waals surface area contributed by atoms with Gasteiger partial charge in [0.25, 0.3) is 5.91 Å². The highest BCUT2D eigenvalue weighted by Gasteiger charge is 2.18. The molecule has 19 heavy (non-hydrogen) atoms. The number of para-hydroxylation sites is 1. The molecule has 4 nitrogen and oxygen atoms in total. The number of hydrogen-bond donors (Lipinski definition) is 1. The van der Waals surface area contributed by atoms with E-state index in [-0.39, 0.29) is 11.7 Å². The summed E-state index contributed by atoms with van der Waals surface area (Å²) in [4.78, 5) is 13.9.